The van der Waals surface area contributed by atoms with Gasteiger partial charge in [0.25, 0.3) is 0 Å². The molecule has 3 rings (SSSR count). The molecule has 1 N–H and O–H groups in total. The predicted molar refractivity (Wildman–Crippen MR) is 112 cm³/mol. The lowest BCUT2D eigenvalue weighted by molar-refractivity contribution is 0.155. The molecule has 1 atom stereocenters. The van der Waals surface area contributed by atoms with Crippen LogP contribution < -0.4 is 10.2 Å². The number of anilines is 1. The number of terminal acetylenes is 1. The second-order valence-electron chi connectivity index (χ2n) is 7.69. The number of halogens is 2. The van der Waals surface area contributed by atoms with Crippen molar-refractivity contribution in [2.45, 2.75) is 51.1 Å². The van der Waals surface area contributed by atoms with Gasteiger partial charge in [0.1, 0.15) is 0 Å². The lowest BCUT2D eigenvalue weighted by atomic mass is 9.82. The standard InChI is InChI=1S/C21H29Cl2N3/c1-3-24-18-9-7-17(8-10-18)15-16(2)25-11-13-26(14-12-25)20-6-4-5-19(22)21(20)23/h1,4-6,16-18,24H,7-15H2,2H3/t16?,17-,18-. The molecule has 1 saturated carbocycles. The quantitative estimate of drug-likeness (QED) is 0.580. The Bertz CT molecular complexity index is 627. The van der Waals surface area contributed by atoms with Gasteiger partial charge in [0.2, 0.25) is 0 Å². The van der Waals surface area contributed by atoms with Crippen molar-refractivity contribution in [3.63, 3.8) is 0 Å². The first-order valence-electron chi connectivity index (χ1n) is 9.72. The summed E-state index contributed by atoms with van der Waals surface area (Å²) < 4.78 is 0. The van der Waals surface area contributed by atoms with Gasteiger partial charge in [-0.2, -0.15) is 0 Å². The Morgan fingerprint density at radius 2 is 1.85 bits per heavy atom. The van der Waals surface area contributed by atoms with Crippen LogP contribution in [-0.4, -0.2) is 43.2 Å². The number of benzene rings is 1. The Morgan fingerprint density at radius 1 is 1.15 bits per heavy atom. The van der Waals surface area contributed by atoms with E-state index >= 15 is 0 Å². The van der Waals surface area contributed by atoms with Gasteiger partial charge in [-0.1, -0.05) is 35.7 Å². The summed E-state index contributed by atoms with van der Waals surface area (Å²) in [4.78, 5) is 4.98. The summed E-state index contributed by atoms with van der Waals surface area (Å²) in [6.45, 7) is 6.55. The predicted octanol–water partition coefficient (Wildman–Crippen LogP) is 4.63. The lowest BCUT2D eigenvalue weighted by Gasteiger charge is -2.41. The molecule has 26 heavy (non-hydrogen) atoms. The minimum Gasteiger partial charge on any atom is -0.368 e. The van der Waals surface area contributed by atoms with E-state index in [2.05, 4.69) is 34.2 Å². The minimum absolute atomic E-state index is 0.526. The van der Waals surface area contributed by atoms with Gasteiger partial charge >= 0.3 is 0 Å². The molecule has 0 bridgehead atoms. The molecule has 1 saturated heterocycles. The average Bonchev–Trinajstić information content (AvgIpc) is 2.66. The summed E-state index contributed by atoms with van der Waals surface area (Å²) >= 11 is 12.6. The molecule has 0 radical (unpaired) electrons. The Kier molecular flexibility index (Phi) is 6.98. The number of hydrogen-bond donors (Lipinski definition) is 1. The third kappa shape index (κ3) is 4.80. The van der Waals surface area contributed by atoms with E-state index in [1.807, 2.05) is 12.1 Å². The Hall–Kier alpha value is -1.08. The molecule has 0 aromatic heterocycles. The van der Waals surface area contributed by atoms with Crippen molar-refractivity contribution in [1.29, 1.82) is 0 Å². The van der Waals surface area contributed by atoms with Crippen molar-refractivity contribution in [3.8, 4) is 12.5 Å². The molecule has 1 aliphatic carbocycles. The summed E-state index contributed by atoms with van der Waals surface area (Å²) in [5, 5.41) is 4.45. The van der Waals surface area contributed by atoms with E-state index < -0.39 is 0 Å². The Morgan fingerprint density at radius 3 is 2.50 bits per heavy atom. The second-order valence-corrected chi connectivity index (χ2v) is 8.47. The molecule has 3 nitrogen and oxygen atoms in total. The summed E-state index contributed by atoms with van der Waals surface area (Å²) in [6, 6.07) is 9.64. The molecular weight excluding hydrogens is 365 g/mol. The van der Waals surface area contributed by atoms with Crippen LogP contribution in [0.2, 0.25) is 10.0 Å². The summed E-state index contributed by atoms with van der Waals surface area (Å²) in [5.74, 6) is 0.834. The van der Waals surface area contributed by atoms with Crippen LogP contribution in [-0.2, 0) is 0 Å². The molecule has 1 heterocycles. The van der Waals surface area contributed by atoms with E-state index in [1.54, 1.807) is 0 Å². The third-order valence-corrected chi connectivity index (χ3v) is 6.83. The average molecular weight is 394 g/mol. The van der Waals surface area contributed by atoms with Gasteiger partial charge in [-0.3, -0.25) is 4.90 Å². The number of piperazine rings is 1. The topological polar surface area (TPSA) is 18.5 Å². The molecule has 1 aliphatic heterocycles. The van der Waals surface area contributed by atoms with Crippen LogP contribution in [0.3, 0.4) is 0 Å². The first kappa shape index (κ1) is 19.7. The molecule has 5 heteroatoms. The van der Waals surface area contributed by atoms with Crippen molar-refractivity contribution in [3.05, 3.63) is 28.2 Å². The van der Waals surface area contributed by atoms with Crippen molar-refractivity contribution >= 4 is 28.9 Å². The fraction of sp³-hybridized carbons (Fsp3) is 0.619. The molecule has 2 fully saturated rings. The van der Waals surface area contributed by atoms with Crippen molar-refractivity contribution in [2.75, 3.05) is 31.1 Å². The maximum atomic E-state index is 6.38. The van der Waals surface area contributed by atoms with Crippen LogP contribution in [0.25, 0.3) is 0 Å². The highest BCUT2D eigenvalue weighted by Crippen LogP contribution is 2.33. The van der Waals surface area contributed by atoms with Crippen LogP contribution >= 0.6 is 23.2 Å². The van der Waals surface area contributed by atoms with Crippen molar-refractivity contribution < 1.29 is 0 Å². The number of nitrogens with one attached hydrogen (secondary N) is 1. The van der Waals surface area contributed by atoms with Gasteiger partial charge in [-0.25, -0.2) is 0 Å². The van der Waals surface area contributed by atoms with Crippen molar-refractivity contribution in [1.82, 2.24) is 10.2 Å². The van der Waals surface area contributed by atoms with Crippen LogP contribution in [0.1, 0.15) is 39.0 Å². The van der Waals surface area contributed by atoms with Gasteiger partial charge in [0.15, 0.2) is 0 Å². The third-order valence-electron chi connectivity index (χ3n) is 6.02. The summed E-state index contributed by atoms with van der Waals surface area (Å²) in [5.41, 5.74) is 1.06. The second kappa shape index (κ2) is 9.22. The monoisotopic (exact) mass is 393 g/mol. The SMILES string of the molecule is C#CN[C@H]1CC[C@H](CC(C)N2CCN(c3cccc(Cl)c3Cl)CC2)CC1. The molecule has 1 unspecified atom stereocenters. The highest BCUT2D eigenvalue weighted by Gasteiger charge is 2.27. The highest BCUT2D eigenvalue weighted by atomic mass is 35.5. The minimum atomic E-state index is 0.526. The van der Waals surface area contributed by atoms with Crippen LogP contribution in [0.4, 0.5) is 5.69 Å². The van der Waals surface area contributed by atoms with E-state index in [9.17, 15) is 0 Å². The first-order valence-corrected chi connectivity index (χ1v) is 10.5. The molecule has 0 amide bonds. The van der Waals surface area contributed by atoms with Gasteiger partial charge in [0.05, 0.1) is 15.7 Å². The first-order chi connectivity index (χ1) is 12.6. The summed E-state index contributed by atoms with van der Waals surface area (Å²) in [7, 11) is 0. The molecule has 142 valence electrons. The van der Waals surface area contributed by atoms with Gasteiger partial charge in [-0.05, 0) is 57.1 Å². The molecular formula is C21H29Cl2N3. The molecule has 1 aromatic carbocycles. The van der Waals surface area contributed by atoms with E-state index in [4.69, 9.17) is 29.6 Å². The van der Waals surface area contributed by atoms with Gasteiger partial charge < -0.3 is 10.2 Å². The molecule has 2 aliphatic rings. The highest BCUT2D eigenvalue weighted by molar-refractivity contribution is 6.43. The number of rotatable bonds is 5. The molecule has 1 aromatic rings. The lowest BCUT2D eigenvalue weighted by Crippen LogP contribution is -2.50. The smallest absolute Gasteiger partial charge is 0.0825 e. The maximum Gasteiger partial charge on any atom is 0.0825 e. The van der Waals surface area contributed by atoms with Crippen LogP contribution in [0.15, 0.2) is 18.2 Å². The van der Waals surface area contributed by atoms with E-state index in [-0.39, 0.29) is 0 Å². The van der Waals surface area contributed by atoms with Crippen LogP contribution in [0, 0.1) is 18.4 Å². The van der Waals surface area contributed by atoms with E-state index in [1.165, 1.54) is 32.1 Å². The maximum absolute atomic E-state index is 6.38. The van der Waals surface area contributed by atoms with Gasteiger partial charge in [0, 0.05) is 44.3 Å². The van der Waals surface area contributed by atoms with E-state index in [0.717, 1.165) is 37.8 Å². The normalized spacial score (nSPS) is 25.5. The van der Waals surface area contributed by atoms with E-state index in [0.29, 0.717) is 22.1 Å². The Balaban J connectivity index is 1.46. The fourth-order valence-electron chi connectivity index (χ4n) is 4.43. The largest absolute Gasteiger partial charge is 0.368 e. The zero-order valence-electron chi connectivity index (χ0n) is 15.6. The zero-order chi connectivity index (χ0) is 18.5. The van der Waals surface area contributed by atoms with Gasteiger partial charge in [-0.15, -0.1) is 0 Å². The number of nitrogens with zero attached hydrogens (tertiary/aromatic N) is 2. The zero-order valence-corrected chi connectivity index (χ0v) is 17.1. The molecule has 0 spiro atoms. The fourth-order valence-corrected chi connectivity index (χ4v) is 4.85. The number of hydrogen-bond acceptors (Lipinski definition) is 3. The van der Waals surface area contributed by atoms with Crippen molar-refractivity contribution in [2.24, 2.45) is 5.92 Å². The summed E-state index contributed by atoms with van der Waals surface area (Å²) in [6.07, 6.45) is 11.7. The van der Waals surface area contributed by atoms with Crippen LogP contribution in [0.5, 0.6) is 0 Å². The Labute approximate surface area is 168 Å².